The summed E-state index contributed by atoms with van der Waals surface area (Å²) in [5.74, 6) is 0. The van der Waals surface area contributed by atoms with E-state index in [1.807, 2.05) is 49.5 Å². The second-order valence-corrected chi connectivity index (χ2v) is 7.47. The van der Waals surface area contributed by atoms with E-state index in [0.717, 1.165) is 17.5 Å². The van der Waals surface area contributed by atoms with Gasteiger partial charge in [0.1, 0.15) is 0 Å². The average Bonchev–Trinajstić information content (AvgIpc) is 3.06. The summed E-state index contributed by atoms with van der Waals surface area (Å²) >= 11 is 0. The fraction of sp³-hybridized carbons (Fsp3) is 0.294. The van der Waals surface area contributed by atoms with E-state index in [9.17, 15) is 8.42 Å². The quantitative estimate of drug-likeness (QED) is 0.942. The maximum absolute atomic E-state index is 12.6. The molecule has 1 aliphatic heterocycles. The number of hydrogen-bond donors (Lipinski definition) is 1. The van der Waals surface area contributed by atoms with Gasteiger partial charge in [-0.05, 0) is 36.7 Å². The van der Waals surface area contributed by atoms with Gasteiger partial charge in [0.25, 0.3) is 0 Å². The topological polar surface area (TPSA) is 49.4 Å². The zero-order valence-electron chi connectivity index (χ0n) is 12.6. The maximum atomic E-state index is 12.6. The fourth-order valence-electron chi connectivity index (χ4n) is 2.78. The summed E-state index contributed by atoms with van der Waals surface area (Å²) < 4.78 is 26.8. The molecular formula is C17H20N2O2S. The zero-order chi connectivity index (χ0) is 15.6. The van der Waals surface area contributed by atoms with Gasteiger partial charge in [-0.3, -0.25) is 0 Å². The molecule has 0 spiro atoms. The van der Waals surface area contributed by atoms with E-state index in [0.29, 0.717) is 18.0 Å². The average molecular weight is 316 g/mol. The lowest BCUT2D eigenvalue weighted by Crippen LogP contribution is -2.33. The predicted octanol–water partition coefficient (Wildman–Crippen LogP) is 2.34. The van der Waals surface area contributed by atoms with Crippen LogP contribution in [0.1, 0.15) is 6.42 Å². The Bertz CT molecular complexity index is 727. The van der Waals surface area contributed by atoms with E-state index in [4.69, 9.17) is 0 Å². The molecule has 22 heavy (non-hydrogen) atoms. The lowest BCUT2D eigenvalue weighted by molar-refractivity contribution is 0.464. The van der Waals surface area contributed by atoms with Crippen molar-refractivity contribution in [1.29, 1.82) is 0 Å². The highest BCUT2D eigenvalue weighted by Gasteiger charge is 2.31. The van der Waals surface area contributed by atoms with Crippen LogP contribution < -0.4 is 5.32 Å². The van der Waals surface area contributed by atoms with Crippen LogP contribution in [0.5, 0.6) is 0 Å². The Morgan fingerprint density at radius 3 is 2.23 bits per heavy atom. The van der Waals surface area contributed by atoms with E-state index in [2.05, 4.69) is 5.32 Å². The van der Waals surface area contributed by atoms with Crippen molar-refractivity contribution < 1.29 is 8.42 Å². The second-order valence-electron chi connectivity index (χ2n) is 5.53. The molecule has 1 fully saturated rings. The lowest BCUT2D eigenvalue weighted by atomic mass is 10.1. The van der Waals surface area contributed by atoms with E-state index >= 15 is 0 Å². The van der Waals surface area contributed by atoms with Crippen LogP contribution in [0.2, 0.25) is 0 Å². The number of benzene rings is 2. The zero-order valence-corrected chi connectivity index (χ0v) is 13.4. The van der Waals surface area contributed by atoms with Crippen LogP contribution in [0.25, 0.3) is 11.1 Å². The molecule has 1 aliphatic rings. The first-order valence-corrected chi connectivity index (χ1v) is 8.88. The third kappa shape index (κ3) is 2.92. The first-order chi connectivity index (χ1) is 10.6. The highest BCUT2D eigenvalue weighted by Crippen LogP contribution is 2.24. The molecule has 0 bridgehead atoms. The van der Waals surface area contributed by atoms with Gasteiger partial charge >= 0.3 is 0 Å². The summed E-state index contributed by atoms with van der Waals surface area (Å²) in [7, 11) is -1.52. The van der Waals surface area contributed by atoms with Crippen molar-refractivity contribution in [2.75, 3.05) is 20.1 Å². The first-order valence-electron chi connectivity index (χ1n) is 7.44. The molecular weight excluding hydrogens is 296 g/mol. The van der Waals surface area contributed by atoms with Gasteiger partial charge in [-0.2, -0.15) is 4.31 Å². The van der Waals surface area contributed by atoms with Crippen LogP contribution in [-0.2, 0) is 10.0 Å². The molecule has 1 heterocycles. The molecule has 0 saturated carbocycles. The van der Waals surface area contributed by atoms with Gasteiger partial charge in [-0.1, -0.05) is 42.5 Å². The number of hydrogen-bond acceptors (Lipinski definition) is 3. The summed E-state index contributed by atoms with van der Waals surface area (Å²) in [5.41, 5.74) is 2.11. The van der Waals surface area contributed by atoms with E-state index in [1.54, 1.807) is 16.4 Å². The maximum Gasteiger partial charge on any atom is 0.243 e. The Kier molecular flexibility index (Phi) is 4.29. The predicted molar refractivity (Wildman–Crippen MR) is 88.1 cm³/mol. The van der Waals surface area contributed by atoms with Crippen molar-refractivity contribution in [3.63, 3.8) is 0 Å². The summed E-state index contributed by atoms with van der Waals surface area (Å²) in [6, 6.07) is 17.3. The third-order valence-electron chi connectivity index (χ3n) is 4.16. The van der Waals surface area contributed by atoms with Gasteiger partial charge in [-0.25, -0.2) is 8.42 Å². The van der Waals surface area contributed by atoms with E-state index < -0.39 is 10.0 Å². The smallest absolute Gasteiger partial charge is 0.243 e. The standard InChI is InChI=1S/C17H20N2O2S/c1-18-16-11-12-19(13-16)22(20,21)17-9-7-15(8-10-17)14-5-3-2-4-6-14/h2-10,16,18H,11-13H2,1H3/t16-/m0/s1. The molecule has 0 aromatic heterocycles. The SMILES string of the molecule is CN[C@H]1CCN(S(=O)(=O)c2ccc(-c3ccccc3)cc2)C1. The molecule has 2 aromatic rings. The van der Waals surface area contributed by atoms with Crippen LogP contribution in [-0.4, -0.2) is 38.9 Å². The largest absolute Gasteiger partial charge is 0.316 e. The summed E-state index contributed by atoms with van der Waals surface area (Å²) in [6.45, 7) is 1.12. The molecule has 1 atom stereocenters. The van der Waals surface area contributed by atoms with Gasteiger partial charge in [0.05, 0.1) is 4.90 Å². The highest BCUT2D eigenvalue weighted by atomic mass is 32.2. The van der Waals surface area contributed by atoms with Crippen molar-refractivity contribution in [1.82, 2.24) is 9.62 Å². The molecule has 3 rings (SSSR count). The molecule has 4 nitrogen and oxygen atoms in total. The second kappa shape index (κ2) is 6.20. The van der Waals surface area contributed by atoms with Crippen molar-refractivity contribution in [2.24, 2.45) is 0 Å². The van der Waals surface area contributed by atoms with Crippen molar-refractivity contribution in [2.45, 2.75) is 17.4 Å². The Labute approximate surface area is 131 Å². The van der Waals surface area contributed by atoms with Crippen LogP contribution in [0.3, 0.4) is 0 Å². The Morgan fingerprint density at radius 1 is 1.00 bits per heavy atom. The van der Waals surface area contributed by atoms with Gasteiger partial charge in [-0.15, -0.1) is 0 Å². The number of nitrogens with one attached hydrogen (secondary N) is 1. The summed E-state index contributed by atoms with van der Waals surface area (Å²) in [5, 5.41) is 3.14. The van der Waals surface area contributed by atoms with E-state index in [-0.39, 0.29) is 6.04 Å². The summed E-state index contributed by atoms with van der Waals surface area (Å²) in [6.07, 6.45) is 0.859. The van der Waals surface area contributed by atoms with Crippen molar-refractivity contribution >= 4 is 10.0 Å². The van der Waals surface area contributed by atoms with E-state index in [1.165, 1.54) is 0 Å². The minimum Gasteiger partial charge on any atom is -0.316 e. The number of sulfonamides is 1. The molecule has 1 N–H and O–H groups in total. The molecule has 1 saturated heterocycles. The molecule has 0 radical (unpaired) electrons. The fourth-order valence-corrected chi connectivity index (χ4v) is 4.28. The highest BCUT2D eigenvalue weighted by molar-refractivity contribution is 7.89. The number of likely N-dealkylation sites (N-methyl/N-ethyl adjacent to an activating group) is 1. The summed E-state index contributed by atoms with van der Waals surface area (Å²) in [4.78, 5) is 0.365. The van der Waals surface area contributed by atoms with Gasteiger partial charge in [0.15, 0.2) is 0 Å². The van der Waals surface area contributed by atoms with Crippen LogP contribution in [0.15, 0.2) is 59.5 Å². The monoisotopic (exact) mass is 316 g/mol. The molecule has 0 amide bonds. The minimum atomic E-state index is -3.39. The van der Waals surface area contributed by atoms with Crippen LogP contribution in [0.4, 0.5) is 0 Å². The van der Waals surface area contributed by atoms with Gasteiger partial charge < -0.3 is 5.32 Å². The lowest BCUT2D eigenvalue weighted by Gasteiger charge is -2.16. The first kappa shape index (κ1) is 15.2. The van der Waals surface area contributed by atoms with Crippen molar-refractivity contribution in [3.05, 3.63) is 54.6 Å². The normalized spacial score (nSPS) is 19.4. The molecule has 2 aromatic carbocycles. The molecule has 116 valence electrons. The number of nitrogens with zero attached hydrogens (tertiary/aromatic N) is 1. The van der Waals surface area contributed by atoms with Crippen molar-refractivity contribution in [3.8, 4) is 11.1 Å². The van der Waals surface area contributed by atoms with Gasteiger partial charge in [0.2, 0.25) is 10.0 Å². The van der Waals surface area contributed by atoms with Crippen LogP contribution in [0, 0.1) is 0 Å². The molecule has 0 aliphatic carbocycles. The van der Waals surface area contributed by atoms with Crippen LogP contribution >= 0.6 is 0 Å². The molecule has 5 heteroatoms. The third-order valence-corrected chi connectivity index (χ3v) is 6.04. The Balaban J connectivity index is 1.83. The minimum absolute atomic E-state index is 0.248. The Hall–Kier alpha value is -1.69. The van der Waals surface area contributed by atoms with Gasteiger partial charge in [0, 0.05) is 19.1 Å². The molecule has 0 unspecified atom stereocenters. The number of rotatable bonds is 4. The Morgan fingerprint density at radius 2 is 1.64 bits per heavy atom.